The normalized spacial score (nSPS) is 12.2. The minimum absolute atomic E-state index is 0.00276. The molecule has 3 N–H and O–H groups in total. The lowest BCUT2D eigenvalue weighted by molar-refractivity contribution is -0.119. The van der Waals surface area contributed by atoms with Crippen LogP contribution in [-0.4, -0.2) is 17.4 Å². The number of aromatic nitrogens is 1. The van der Waals surface area contributed by atoms with Crippen LogP contribution in [0.3, 0.4) is 0 Å². The van der Waals surface area contributed by atoms with Gasteiger partial charge in [-0.3, -0.25) is 9.78 Å². The molecule has 88 valence electrons. The van der Waals surface area contributed by atoms with Gasteiger partial charge >= 0.3 is 0 Å². The Balaban J connectivity index is 2.50. The molecule has 1 amide bonds. The van der Waals surface area contributed by atoms with Gasteiger partial charge in [-0.25, -0.2) is 0 Å². The predicted octanol–water partition coefficient (Wildman–Crippen LogP) is 1.70. The largest absolute Gasteiger partial charge is 0.330 e. The van der Waals surface area contributed by atoms with E-state index in [1.165, 1.54) is 0 Å². The van der Waals surface area contributed by atoms with Gasteiger partial charge in [-0.05, 0) is 38.4 Å². The molecule has 1 rings (SSSR count). The van der Waals surface area contributed by atoms with Crippen LogP contribution < -0.4 is 11.1 Å². The molecule has 0 bridgehead atoms. The van der Waals surface area contributed by atoms with Gasteiger partial charge in [0.2, 0.25) is 5.91 Å². The van der Waals surface area contributed by atoms with Gasteiger partial charge in [-0.15, -0.1) is 0 Å². The third-order valence-corrected chi connectivity index (χ3v) is 2.45. The zero-order chi connectivity index (χ0) is 12.0. The Morgan fingerprint density at radius 2 is 2.38 bits per heavy atom. The van der Waals surface area contributed by atoms with E-state index < -0.39 is 0 Å². The van der Waals surface area contributed by atoms with Crippen molar-refractivity contribution in [2.45, 2.75) is 26.7 Å². The van der Waals surface area contributed by atoms with Gasteiger partial charge in [-0.1, -0.05) is 6.92 Å². The first-order valence-corrected chi connectivity index (χ1v) is 5.57. The van der Waals surface area contributed by atoms with Crippen LogP contribution in [-0.2, 0) is 4.79 Å². The molecule has 4 nitrogen and oxygen atoms in total. The van der Waals surface area contributed by atoms with Gasteiger partial charge in [0.15, 0.2) is 0 Å². The fraction of sp³-hybridized carbons (Fsp3) is 0.500. The van der Waals surface area contributed by atoms with E-state index in [2.05, 4.69) is 10.3 Å². The summed E-state index contributed by atoms with van der Waals surface area (Å²) in [7, 11) is 0. The first kappa shape index (κ1) is 12.6. The molecule has 0 aliphatic rings. The van der Waals surface area contributed by atoms with E-state index in [-0.39, 0.29) is 11.8 Å². The van der Waals surface area contributed by atoms with E-state index in [4.69, 9.17) is 5.73 Å². The number of anilines is 1. The molecule has 0 aromatic carbocycles. The molecule has 4 heteroatoms. The van der Waals surface area contributed by atoms with Crippen LogP contribution in [0.2, 0.25) is 0 Å². The van der Waals surface area contributed by atoms with Crippen molar-refractivity contribution in [2.24, 2.45) is 11.7 Å². The van der Waals surface area contributed by atoms with Crippen LogP contribution in [0.4, 0.5) is 5.69 Å². The number of hydrogen-bond donors (Lipinski definition) is 2. The second kappa shape index (κ2) is 6.23. The van der Waals surface area contributed by atoms with Gasteiger partial charge in [0, 0.05) is 23.5 Å². The average Bonchev–Trinajstić information content (AvgIpc) is 2.25. The molecule has 0 saturated heterocycles. The average molecular weight is 221 g/mol. The number of rotatable bonds is 5. The molecule has 0 fully saturated rings. The minimum atomic E-state index is -0.00276. The number of amides is 1. The zero-order valence-electron chi connectivity index (χ0n) is 9.86. The summed E-state index contributed by atoms with van der Waals surface area (Å²) in [6, 6.07) is 3.65. The Bertz CT molecular complexity index is 352. The molecular weight excluding hydrogens is 202 g/mol. The number of nitrogens with two attached hydrogens (primary N) is 1. The summed E-state index contributed by atoms with van der Waals surface area (Å²) in [6.07, 6.45) is 3.39. The van der Waals surface area contributed by atoms with E-state index in [0.717, 1.165) is 24.2 Å². The summed E-state index contributed by atoms with van der Waals surface area (Å²) in [6.45, 7) is 4.44. The third kappa shape index (κ3) is 3.98. The molecule has 1 heterocycles. The highest BCUT2D eigenvalue weighted by atomic mass is 16.1. The Hall–Kier alpha value is -1.42. The number of nitrogens with one attached hydrogen (secondary N) is 1. The van der Waals surface area contributed by atoms with Gasteiger partial charge in [0.1, 0.15) is 0 Å². The summed E-state index contributed by atoms with van der Waals surface area (Å²) in [5.74, 6) is 0.0380. The molecule has 1 atom stereocenters. The summed E-state index contributed by atoms with van der Waals surface area (Å²) >= 11 is 0. The second-order valence-electron chi connectivity index (χ2n) is 4.01. The fourth-order valence-corrected chi connectivity index (χ4v) is 1.44. The maximum absolute atomic E-state index is 11.8. The van der Waals surface area contributed by atoms with Gasteiger partial charge < -0.3 is 11.1 Å². The van der Waals surface area contributed by atoms with E-state index in [0.29, 0.717) is 6.54 Å². The SMILES string of the molecule is Cc1cc(NC(=O)C(C)CCCN)ccn1. The maximum Gasteiger partial charge on any atom is 0.227 e. The molecule has 0 saturated carbocycles. The highest BCUT2D eigenvalue weighted by Gasteiger charge is 2.12. The summed E-state index contributed by atoms with van der Waals surface area (Å²) in [4.78, 5) is 15.8. The lowest BCUT2D eigenvalue weighted by atomic mass is 10.0. The Morgan fingerprint density at radius 1 is 1.62 bits per heavy atom. The number of carbonyl (C=O) groups is 1. The van der Waals surface area contributed by atoms with Crippen molar-refractivity contribution in [3.63, 3.8) is 0 Å². The highest BCUT2D eigenvalue weighted by molar-refractivity contribution is 5.92. The second-order valence-corrected chi connectivity index (χ2v) is 4.01. The standard InChI is InChI=1S/C12H19N3O/c1-9(4-3-6-13)12(16)15-11-5-7-14-10(2)8-11/h5,7-9H,3-4,6,13H2,1-2H3,(H,14,15,16). The maximum atomic E-state index is 11.8. The number of hydrogen-bond acceptors (Lipinski definition) is 3. The molecule has 0 radical (unpaired) electrons. The Kier molecular flexibility index (Phi) is 4.92. The molecule has 1 aromatic rings. The Morgan fingerprint density at radius 3 is 3.00 bits per heavy atom. The van der Waals surface area contributed by atoms with Gasteiger partial charge in [-0.2, -0.15) is 0 Å². The quantitative estimate of drug-likeness (QED) is 0.795. The molecule has 16 heavy (non-hydrogen) atoms. The van der Waals surface area contributed by atoms with Crippen LogP contribution in [0, 0.1) is 12.8 Å². The molecular formula is C12H19N3O. The van der Waals surface area contributed by atoms with Gasteiger partial charge in [0.25, 0.3) is 0 Å². The van der Waals surface area contributed by atoms with Crippen LogP contribution in [0.1, 0.15) is 25.5 Å². The summed E-state index contributed by atoms with van der Waals surface area (Å²) in [5, 5.41) is 2.87. The molecule has 1 aromatic heterocycles. The van der Waals surface area contributed by atoms with Crippen LogP contribution in [0.5, 0.6) is 0 Å². The topological polar surface area (TPSA) is 68.0 Å². The zero-order valence-corrected chi connectivity index (χ0v) is 9.86. The monoisotopic (exact) mass is 221 g/mol. The summed E-state index contributed by atoms with van der Waals surface area (Å²) < 4.78 is 0. The third-order valence-electron chi connectivity index (χ3n) is 2.45. The van der Waals surface area contributed by atoms with E-state index in [1.54, 1.807) is 12.3 Å². The number of aryl methyl sites for hydroxylation is 1. The number of nitrogens with zero attached hydrogens (tertiary/aromatic N) is 1. The van der Waals surface area contributed by atoms with Crippen molar-refractivity contribution < 1.29 is 4.79 Å². The van der Waals surface area contributed by atoms with E-state index >= 15 is 0 Å². The minimum Gasteiger partial charge on any atom is -0.330 e. The lowest BCUT2D eigenvalue weighted by Crippen LogP contribution is -2.21. The highest BCUT2D eigenvalue weighted by Crippen LogP contribution is 2.11. The summed E-state index contributed by atoms with van der Waals surface area (Å²) in [5.41, 5.74) is 7.11. The van der Waals surface area contributed by atoms with Crippen molar-refractivity contribution in [1.82, 2.24) is 4.98 Å². The van der Waals surface area contributed by atoms with Crippen molar-refractivity contribution in [2.75, 3.05) is 11.9 Å². The fourth-order valence-electron chi connectivity index (χ4n) is 1.44. The van der Waals surface area contributed by atoms with E-state index in [9.17, 15) is 4.79 Å². The number of carbonyl (C=O) groups excluding carboxylic acids is 1. The van der Waals surface area contributed by atoms with Crippen LogP contribution in [0.25, 0.3) is 0 Å². The first-order valence-electron chi connectivity index (χ1n) is 5.57. The molecule has 0 spiro atoms. The molecule has 1 unspecified atom stereocenters. The predicted molar refractivity (Wildman–Crippen MR) is 65.1 cm³/mol. The van der Waals surface area contributed by atoms with Crippen LogP contribution >= 0.6 is 0 Å². The smallest absolute Gasteiger partial charge is 0.227 e. The van der Waals surface area contributed by atoms with E-state index in [1.807, 2.05) is 19.9 Å². The lowest BCUT2D eigenvalue weighted by Gasteiger charge is -2.11. The number of pyridine rings is 1. The van der Waals surface area contributed by atoms with Crippen molar-refractivity contribution in [3.05, 3.63) is 24.0 Å². The Labute approximate surface area is 96.3 Å². The van der Waals surface area contributed by atoms with Crippen LogP contribution in [0.15, 0.2) is 18.3 Å². The van der Waals surface area contributed by atoms with Crippen molar-refractivity contribution >= 4 is 11.6 Å². The first-order chi connectivity index (χ1) is 7.63. The molecule has 0 aliphatic heterocycles. The molecule has 0 aliphatic carbocycles. The van der Waals surface area contributed by atoms with Crippen molar-refractivity contribution in [3.8, 4) is 0 Å². The van der Waals surface area contributed by atoms with Crippen molar-refractivity contribution in [1.29, 1.82) is 0 Å². The van der Waals surface area contributed by atoms with Gasteiger partial charge in [0.05, 0.1) is 0 Å².